The Hall–Kier alpha value is -4.85. The minimum Gasteiger partial charge on any atom is -0.496 e. The fraction of sp³-hybridized carbons (Fsp3) is 0.138. The normalized spacial score (nSPS) is 11.2. The van der Waals surface area contributed by atoms with Crippen LogP contribution in [-0.2, 0) is 6.61 Å². The van der Waals surface area contributed by atoms with Crippen molar-refractivity contribution in [3.63, 3.8) is 0 Å². The fourth-order valence-corrected chi connectivity index (χ4v) is 4.22. The lowest BCUT2D eigenvalue weighted by Gasteiger charge is -2.10. The number of furan rings is 1. The second-order valence-electron chi connectivity index (χ2n) is 8.68. The Labute approximate surface area is 213 Å². The van der Waals surface area contributed by atoms with Gasteiger partial charge in [0.15, 0.2) is 5.76 Å². The molecule has 184 valence electrons. The van der Waals surface area contributed by atoms with Crippen molar-refractivity contribution in [2.24, 2.45) is 0 Å². The van der Waals surface area contributed by atoms with Gasteiger partial charge in [-0.1, -0.05) is 24.3 Å². The summed E-state index contributed by atoms with van der Waals surface area (Å²) in [6.07, 6.45) is 7.30. The Morgan fingerprint density at radius 3 is 2.62 bits per heavy atom. The number of hydrogen-bond donors (Lipinski definition) is 0. The summed E-state index contributed by atoms with van der Waals surface area (Å²) >= 11 is 0. The van der Waals surface area contributed by atoms with Crippen LogP contribution in [0, 0.1) is 6.92 Å². The molecule has 0 atom stereocenters. The lowest BCUT2D eigenvalue weighted by atomic mass is 10.1. The molecule has 0 spiro atoms. The van der Waals surface area contributed by atoms with E-state index in [1.807, 2.05) is 71.4 Å². The minimum absolute atomic E-state index is 0.355. The number of pyridine rings is 1. The number of ether oxygens (including phenoxy) is 3. The number of benzene rings is 2. The Balaban J connectivity index is 1.30. The van der Waals surface area contributed by atoms with Gasteiger partial charge in [0.2, 0.25) is 5.88 Å². The average Bonchev–Trinajstić information content (AvgIpc) is 3.56. The number of imidazole rings is 1. The predicted octanol–water partition coefficient (Wildman–Crippen LogP) is 6.11. The van der Waals surface area contributed by atoms with Crippen molar-refractivity contribution in [1.82, 2.24) is 19.4 Å². The molecule has 0 amide bonds. The molecule has 0 unspecified atom stereocenters. The van der Waals surface area contributed by atoms with E-state index in [9.17, 15) is 0 Å². The largest absolute Gasteiger partial charge is 0.496 e. The van der Waals surface area contributed by atoms with Gasteiger partial charge in [0.1, 0.15) is 35.0 Å². The molecule has 0 saturated carbocycles. The molecular formula is C29H24N4O4. The van der Waals surface area contributed by atoms with Crippen LogP contribution in [0.2, 0.25) is 0 Å². The van der Waals surface area contributed by atoms with Crippen LogP contribution in [-0.4, -0.2) is 33.6 Å². The van der Waals surface area contributed by atoms with E-state index >= 15 is 0 Å². The third-order valence-electron chi connectivity index (χ3n) is 6.11. The van der Waals surface area contributed by atoms with E-state index in [0.29, 0.717) is 35.3 Å². The van der Waals surface area contributed by atoms with Crippen LogP contribution in [0.4, 0.5) is 0 Å². The molecule has 0 radical (unpaired) electrons. The van der Waals surface area contributed by atoms with Crippen molar-refractivity contribution >= 4 is 16.6 Å². The molecule has 0 fully saturated rings. The molecule has 0 bridgehead atoms. The molecule has 0 aliphatic rings. The molecule has 4 aromatic heterocycles. The Morgan fingerprint density at radius 1 is 0.892 bits per heavy atom. The number of methoxy groups -OCH3 is 2. The van der Waals surface area contributed by atoms with Crippen LogP contribution in [0.25, 0.3) is 39.3 Å². The highest BCUT2D eigenvalue weighted by molar-refractivity contribution is 5.89. The molecule has 6 rings (SSSR count). The Morgan fingerprint density at radius 2 is 1.81 bits per heavy atom. The maximum atomic E-state index is 6.28. The van der Waals surface area contributed by atoms with E-state index in [0.717, 1.165) is 39.1 Å². The zero-order chi connectivity index (χ0) is 25.4. The summed E-state index contributed by atoms with van der Waals surface area (Å²) in [7, 11) is 3.19. The molecule has 0 aliphatic heterocycles. The SMILES string of the molecule is COc1cc(OCc2cccc(-c3cnc(OC)cn3)c2)c2cc(-c3cn4cc(C)ccc4n3)oc2c1. The van der Waals surface area contributed by atoms with Gasteiger partial charge in [0.05, 0.1) is 37.7 Å². The second-order valence-corrected chi connectivity index (χ2v) is 8.68. The van der Waals surface area contributed by atoms with Gasteiger partial charge in [-0.25, -0.2) is 15.0 Å². The third-order valence-corrected chi connectivity index (χ3v) is 6.11. The quantitative estimate of drug-likeness (QED) is 0.266. The van der Waals surface area contributed by atoms with E-state index in [1.54, 1.807) is 26.6 Å². The standard InChI is InChI=1S/C29H24N4O4/c1-18-7-8-28-32-24(16-33(28)15-18)27-12-22-25(10-21(34-2)11-26(22)37-27)36-17-19-5-4-6-20(9-19)23-13-31-29(35-3)14-30-23/h4-16H,17H2,1-3H3. The first-order valence-corrected chi connectivity index (χ1v) is 11.7. The maximum absolute atomic E-state index is 6.28. The van der Waals surface area contributed by atoms with Gasteiger partial charge in [-0.3, -0.25) is 0 Å². The first-order valence-electron chi connectivity index (χ1n) is 11.7. The van der Waals surface area contributed by atoms with E-state index in [-0.39, 0.29) is 0 Å². The second kappa shape index (κ2) is 9.31. The van der Waals surface area contributed by atoms with Crippen molar-refractivity contribution in [3.8, 4) is 40.1 Å². The van der Waals surface area contributed by atoms with Crippen LogP contribution in [0.15, 0.2) is 83.8 Å². The van der Waals surface area contributed by atoms with Gasteiger partial charge in [-0.05, 0) is 36.2 Å². The molecule has 2 aromatic carbocycles. The third kappa shape index (κ3) is 4.45. The summed E-state index contributed by atoms with van der Waals surface area (Å²) in [5.41, 5.74) is 6.12. The number of nitrogens with zero attached hydrogens (tertiary/aromatic N) is 4. The number of fused-ring (bicyclic) bond motifs is 2. The van der Waals surface area contributed by atoms with E-state index in [1.165, 1.54) is 0 Å². The molecule has 0 saturated heterocycles. The number of aromatic nitrogens is 4. The van der Waals surface area contributed by atoms with E-state index in [4.69, 9.17) is 23.6 Å². The molecule has 6 aromatic rings. The first kappa shape index (κ1) is 22.6. The lowest BCUT2D eigenvalue weighted by Crippen LogP contribution is -1.97. The molecule has 8 nitrogen and oxygen atoms in total. The number of aryl methyl sites for hydroxylation is 1. The van der Waals surface area contributed by atoms with Crippen molar-refractivity contribution < 1.29 is 18.6 Å². The van der Waals surface area contributed by atoms with Crippen LogP contribution < -0.4 is 14.2 Å². The fourth-order valence-electron chi connectivity index (χ4n) is 4.22. The Bertz CT molecular complexity index is 1720. The summed E-state index contributed by atoms with van der Waals surface area (Å²) in [5.74, 6) is 2.45. The molecule has 4 heterocycles. The molecule has 37 heavy (non-hydrogen) atoms. The van der Waals surface area contributed by atoms with Crippen molar-refractivity contribution in [1.29, 1.82) is 0 Å². The van der Waals surface area contributed by atoms with E-state index < -0.39 is 0 Å². The van der Waals surface area contributed by atoms with Crippen molar-refractivity contribution in [2.45, 2.75) is 13.5 Å². The van der Waals surface area contributed by atoms with Crippen LogP contribution in [0.3, 0.4) is 0 Å². The van der Waals surface area contributed by atoms with Gasteiger partial charge < -0.3 is 23.0 Å². The van der Waals surface area contributed by atoms with Crippen molar-refractivity contribution in [3.05, 3.63) is 90.5 Å². The molecule has 0 N–H and O–H groups in total. The summed E-state index contributed by atoms with van der Waals surface area (Å²) in [4.78, 5) is 13.4. The highest BCUT2D eigenvalue weighted by atomic mass is 16.5. The van der Waals surface area contributed by atoms with Gasteiger partial charge in [0.25, 0.3) is 0 Å². The van der Waals surface area contributed by atoms with Crippen molar-refractivity contribution in [2.75, 3.05) is 14.2 Å². The van der Waals surface area contributed by atoms with Gasteiger partial charge >= 0.3 is 0 Å². The molecule has 0 aliphatic carbocycles. The topological polar surface area (TPSA) is 83.9 Å². The highest BCUT2D eigenvalue weighted by Gasteiger charge is 2.16. The summed E-state index contributed by atoms with van der Waals surface area (Å²) in [6, 6.07) is 17.7. The average molecular weight is 493 g/mol. The molecule has 8 heteroatoms. The summed E-state index contributed by atoms with van der Waals surface area (Å²) < 4.78 is 25.1. The minimum atomic E-state index is 0.355. The van der Waals surface area contributed by atoms with Crippen LogP contribution >= 0.6 is 0 Å². The van der Waals surface area contributed by atoms with Crippen LogP contribution in [0.5, 0.6) is 17.4 Å². The van der Waals surface area contributed by atoms with E-state index in [2.05, 4.69) is 16.9 Å². The van der Waals surface area contributed by atoms with Gasteiger partial charge in [-0.2, -0.15) is 0 Å². The van der Waals surface area contributed by atoms with Gasteiger partial charge in [0, 0.05) is 30.1 Å². The lowest BCUT2D eigenvalue weighted by molar-refractivity contribution is 0.307. The summed E-state index contributed by atoms with van der Waals surface area (Å²) in [5, 5.41) is 0.848. The summed E-state index contributed by atoms with van der Waals surface area (Å²) in [6.45, 7) is 2.41. The maximum Gasteiger partial charge on any atom is 0.232 e. The molecular weight excluding hydrogens is 468 g/mol. The van der Waals surface area contributed by atoms with Crippen LogP contribution in [0.1, 0.15) is 11.1 Å². The zero-order valence-electron chi connectivity index (χ0n) is 20.6. The zero-order valence-corrected chi connectivity index (χ0v) is 20.6. The number of rotatable bonds is 7. The smallest absolute Gasteiger partial charge is 0.232 e. The number of hydrogen-bond acceptors (Lipinski definition) is 7. The predicted molar refractivity (Wildman–Crippen MR) is 140 cm³/mol. The first-order chi connectivity index (χ1) is 18.1. The van der Waals surface area contributed by atoms with Gasteiger partial charge in [-0.15, -0.1) is 0 Å². The Kier molecular flexibility index (Phi) is 5.69. The highest BCUT2D eigenvalue weighted by Crippen LogP contribution is 2.37. The monoisotopic (exact) mass is 492 g/mol.